The van der Waals surface area contributed by atoms with Gasteiger partial charge in [0.1, 0.15) is 0 Å². The van der Waals surface area contributed by atoms with Crippen LogP contribution in [0.1, 0.15) is 34.9 Å². The quantitative estimate of drug-likeness (QED) is 0.616. The van der Waals surface area contributed by atoms with Gasteiger partial charge in [0.15, 0.2) is 11.5 Å². The van der Waals surface area contributed by atoms with E-state index in [1.807, 2.05) is 25.1 Å². The first kappa shape index (κ1) is 13.8. The lowest BCUT2D eigenvalue weighted by molar-refractivity contribution is 0.173. The van der Waals surface area contributed by atoms with Gasteiger partial charge < -0.3 is 20.4 Å². The van der Waals surface area contributed by atoms with Crippen LogP contribution in [0.5, 0.6) is 11.5 Å². The van der Waals surface area contributed by atoms with Crippen molar-refractivity contribution in [1.82, 2.24) is 9.97 Å². The van der Waals surface area contributed by atoms with E-state index in [1.165, 1.54) is 0 Å². The summed E-state index contributed by atoms with van der Waals surface area (Å²) < 4.78 is 11.0. The molecule has 7 heteroatoms. The summed E-state index contributed by atoms with van der Waals surface area (Å²) in [5, 5.41) is 12.9. The molecule has 1 aromatic heterocycles. The van der Waals surface area contributed by atoms with E-state index in [-0.39, 0.29) is 18.7 Å². The first-order valence-electron chi connectivity index (χ1n) is 7.40. The van der Waals surface area contributed by atoms with Crippen molar-refractivity contribution in [2.45, 2.75) is 25.7 Å². The number of nitrogens with two attached hydrogens (primary N) is 1. The number of benzene rings is 1. The molecule has 1 aliphatic carbocycles. The molecule has 0 amide bonds. The highest BCUT2D eigenvalue weighted by Gasteiger charge is 2.32. The molecule has 118 valence electrons. The average molecular weight is 312 g/mol. The molecule has 1 aliphatic heterocycles. The van der Waals surface area contributed by atoms with Crippen LogP contribution in [0, 0.1) is 6.92 Å². The maximum absolute atomic E-state index is 9.43. The highest BCUT2D eigenvalue weighted by Crippen LogP contribution is 2.43. The van der Waals surface area contributed by atoms with Crippen LogP contribution in [-0.2, 0) is 6.42 Å². The van der Waals surface area contributed by atoms with Gasteiger partial charge in [0.2, 0.25) is 12.7 Å². The van der Waals surface area contributed by atoms with Crippen LogP contribution in [-0.4, -0.2) is 27.7 Å². The van der Waals surface area contributed by atoms with Crippen molar-refractivity contribution in [2.24, 2.45) is 5.16 Å². The molecule has 2 heterocycles. The Morgan fingerprint density at radius 2 is 2.13 bits per heavy atom. The van der Waals surface area contributed by atoms with E-state index in [4.69, 9.17) is 15.2 Å². The van der Waals surface area contributed by atoms with E-state index in [9.17, 15) is 5.21 Å². The fourth-order valence-electron chi connectivity index (χ4n) is 3.40. The molecular formula is C16H16N4O3. The average Bonchev–Trinajstić information content (AvgIpc) is 3.01. The maximum atomic E-state index is 9.43. The van der Waals surface area contributed by atoms with E-state index in [2.05, 4.69) is 15.1 Å². The van der Waals surface area contributed by atoms with Crippen LogP contribution in [0.15, 0.2) is 23.4 Å². The van der Waals surface area contributed by atoms with Gasteiger partial charge in [0, 0.05) is 17.5 Å². The van der Waals surface area contributed by atoms with Crippen molar-refractivity contribution >= 4 is 11.7 Å². The number of fused-ring (bicyclic) bond motifs is 2. The van der Waals surface area contributed by atoms with Crippen LogP contribution in [0.3, 0.4) is 0 Å². The van der Waals surface area contributed by atoms with E-state index < -0.39 is 0 Å². The zero-order valence-corrected chi connectivity index (χ0v) is 12.6. The maximum Gasteiger partial charge on any atom is 0.231 e. The van der Waals surface area contributed by atoms with Crippen molar-refractivity contribution in [1.29, 1.82) is 0 Å². The molecule has 0 radical (unpaired) electrons. The van der Waals surface area contributed by atoms with Gasteiger partial charge in [0.05, 0.1) is 17.1 Å². The smallest absolute Gasteiger partial charge is 0.231 e. The molecule has 0 saturated carbocycles. The first-order chi connectivity index (χ1) is 11.2. The number of para-hydroxylation sites is 1. The Hall–Kier alpha value is -2.83. The van der Waals surface area contributed by atoms with Gasteiger partial charge in [-0.2, -0.15) is 0 Å². The molecule has 1 unspecified atom stereocenters. The first-order valence-corrected chi connectivity index (χ1v) is 7.40. The van der Waals surface area contributed by atoms with Gasteiger partial charge in [-0.1, -0.05) is 17.3 Å². The highest BCUT2D eigenvalue weighted by atomic mass is 16.7. The Kier molecular flexibility index (Phi) is 3.07. The topological polar surface area (TPSA) is 103 Å². The minimum Gasteiger partial charge on any atom is -0.454 e. The second kappa shape index (κ2) is 5.12. The van der Waals surface area contributed by atoms with Gasteiger partial charge in [-0.25, -0.2) is 9.97 Å². The number of nitrogen functional groups attached to an aromatic ring is 1. The Balaban J connectivity index is 1.81. The zero-order chi connectivity index (χ0) is 16.0. The summed E-state index contributed by atoms with van der Waals surface area (Å²) in [5.74, 6) is 1.82. The van der Waals surface area contributed by atoms with Gasteiger partial charge >= 0.3 is 0 Å². The summed E-state index contributed by atoms with van der Waals surface area (Å²) in [5.41, 5.74) is 9.71. The predicted octanol–water partition coefficient (Wildman–Crippen LogP) is 2.00. The van der Waals surface area contributed by atoms with Crippen molar-refractivity contribution in [3.63, 3.8) is 0 Å². The van der Waals surface area contributed by atoms with Crippen molar-refractivity contribution in [2.75, 3.05) is 12.5 Å². The number of aryl methyl sites for hydroxylation is 1. The van der Waals surface area contributed by atoms with E-state index >= 15 is 0 Å². The standard InChI is InChI=1S/C16H16N4O3/c1-8-14-11(19-16(17)18-8)5-9(6-12(14)20-21)10-3-2-4-13-15(10)23-7-22-13/h2-4,9,21H,5-7H2,1H3,(H2,17,18,19). The number of rotatable bonds is 1. The highest BCUT2D eigenvalue weighted by molar-refractivity contribution is 6.03. The van der Waals surface area contributed by atoms with Crippen LogP contribution in [0.25, 0.3) is 0 Å². The number of ether oxygens (including phenoxy) is 2. The molecule has 0 spiro atoms. The number of anilines is 1. The van der Waals surface area contributed by atoms with Gasteiger partial charge in [-0.3, -0.25) is 0 Å². The van der Waals surface area contributed by atoms with E-state index in [0.717, 1.165) is 34.0 Å². The summed E-state index contributed by atoms with van der Waals surface area (Å²) in [6, 6.07) is 5.83. The Labute approximate surface area is 132 Å². The summed E-state index contributed by atoms with van der Waals surface area (Å²) in [6.45, 7) is 2.07. The number of aromatic nitrogens is 2. The van der Waals surface area contributed by atoms with Gasteiger partial charge in [0.25, 0.3) is 0 Å². The lowest BCUT2D eigenvalue weighted by atomic mass is 9.80. The molecule has 0 fully saturated rings. The van der Waals surface area contributed by atoms with Crippen LogP contribution in [0.2, 0.25) is 0 Å². The summed E-state index contributed by atoms with van der Waals surface area (Å²) in [7, 11) is 0. The second-order valence-electron chi connectivity index (χ2n) is 5.72. The summed E-state index contributed by atoms with van der Waals surface area (Å²) in [6.07, 6.45) is 1.26. The summed E-state index contributed by atoms with van der Waals surface area (Å²) in [4.78, 5) is 8.52. The molecule has 1 atom stereocenters. The Morgan fingerprint density at radius 3 is 2.96 bits per heavy atom. The molecule has 3 N–H and O–H groups in total. The molecule has 0 saturated heterocycles. The number of hydrogen-bond donors (Lipinski definition) is 2. The molecule has 2 aromatic rings. The third kappa shape index (κ3) is 2.16. The Morgan fingerprint density at radius 1 is 1.26 bits per heavy atom. The fraction of sp³-hybridized carbons (Fsp3) is 0.312. The van der Waals surface area contributed by atoms with Crippen molar-refractivity contribution < 1.29 is 14.7 Å². The fourth-order valence-corrected chi connectivity index (χ4v) is 3.40. The van der Waals surface area contributed by atoms with E-state index in [0.29, 0.717) is 18.6 Å². The largest absolute Gasteiger partial charge is 0.454 e. The van der Waals surface area contributed by atoms with Crippen molar-refractivity contribution in [3.05, 3.63) is 40.7 Å². The number of hydrogen-bond acceptors (Lipinski definition) is 7. The molecule has 0 bridgehead atoms. The van der Waals surface area contributed by atoms with Crippen LogP contribution < -0.4 is 15.2 Å². The molecule has 2 aliphatic rings. The minimum absolute atomic E-state index is 0.0822. The molecular weight excluding hydrogens is 296 g/mol. The van der Waals surface area contributed by atoms with Gasteiger partial charge in [-0.05, 0) is 25.3 Å². The number of nitrogens with zero attached hydrogens (tertiary/aromatic N) is 3. The Bertz CT molecular complexity index is 819. The lowest BCUT2D eigenvalue weighted by Crippen LogP contribution is -2.23. The molecule has 1 aromatic carbocycles. The van der Waals surface area contributed by atoms with Gasteiger partial charge in [-0.15, -0.1) is 0 Å². The number of oxime groups is 1. The van der Waals surface area contributed by atoms with Crippen molar-refractivity contribution in [3.8, 4) is 11.5 Å². The normalized spacial score (nSPS) is 20.6. The van der Waals surface area contributed by atoms with E-state index in [1.54, 1.807) is 0 Å². The second-order valence-corrected chi connectivity index (χ2v) is 5.72. The monoisotopic (exact) mass is 312 g/mol. The van der Waals surface area contributed by atoms with Crippen LogP contribution in [0.4, 0.5) is 5.95 Å². The van der Waals surface area contributed by atoms with Crippen LogP contribution >= 0.6 is 0 Å². The molecule has 23 heavy (non-hydrogen) atoms. The molecule has 7 nitrogen and oxygen atoms in total. The SMILES string of the molecule is Cc1nc(N)nc2c1C(=NO)CC(c1cccc3c1OCO3)C2. The minimum atomic E-state index is 0.0822. The summed E-state index contributed by atoms with van der Waals surface area (Å²) >= 11 is 0. The third-order valence-electron chi connectivity index (χ3n) is 4.34. The predicted molar refractivity (Wildman–Crippen MR) is 83.1 cm³/mol. The molecule has 4 rings (SSSR count). The lowest BCUT2D eigenvalue weighted by Gasteiger charge is -2.26. The zero-order valence-electron chi connectivity index (χ0n) is 12.6. The third-order valence-corrected chi connectivity index (χ3v) is 4.34.